The van der Waals surface area contributed by atoms with Crippen molar-refractivity contribution in [2.45, 2.75) is 26.3 Å². The highest BCUT2D eigenvalue weighted by Gasteiger charge is 2.15. The van der Waals surface area contributed by atoms with E-state index in [1.54, 1.807) is 0 Å². The molecule has 1 N–H and O–H groups in total. The minimum atomic E-state index is 0.350. The molecule has 0 aliphatic carbocycles. The lowest BCUT2D eigenvalue weighted by Crippen LogP contribution is -2.36. The number of fused-ring (bicyclic) bond motifs is 1. The lowest BCUT2D eigenvalue weighted by atomic mass is 10.2. The summed E-state index contributed by atoms with van der Waals surface area (Å²) >= 11 is 0. The minimum absolute atomic E-state index is 0.350. The van der Waals surface area contributed by atoms with Gasteiger partial charge in [0.25, 0.3) is 0 Å². The number of unbranched alkanes of at least 4 members (excludes halogenated alkanes) is 1. The summed E-state index contributed by atoms with van der Waals surface area (Å²) in [5.41, 5.74) is 2.20. The number of hydrogen-bond acceptors (Lipinski definition) is 7. The monoisotopic (exact) mass is 394 g/mol. The van der Waals surface area contributed by atoms with Gasteiger partial charge in [0.05, 0.1) is 26.4 Å². The minimum Gasteiger partial charge on any atom is -0.463 e. The Morgan fingerprint density at radius 2 is 2.07 bits per heavy atom. The van der Waals surface area contributed by atoms with E-state index >= 15 is 0 Å². The molecule has 4 rings (SSSR count). The zero-order valence-corrected chi connectivity index (χ0v) is 16.7. The Morgan fingerprint density at radius 3 is 2.93 bits per heavy atom. The third kappa shape index (κ3) is 4.89. The standard InChI is InChI=1S/C21H26N6O2/c1-2-3-10-29-21-24-19(13-20(25-21)27-8-11-28-12-9-27)26-23-15-16-14-22-18-7-5-4-6-17(16)18/h4-7,13-14,22H,2-3,8-12,15H2,1H3. The summed E-state index contributed by atoms with van der Waals surface area (Å²) in [6, 6.07) is 10.4. The molecule has 1 aromatic carbocycles. The van der Waals surface area contributed by atoms with Crippen molar-refractivity contribution in [1.82, 2.24) is 15.0 Å². The maximum absolute atomic E-state index is 5.74. The van der Waals surface area contributed by atoms with E-state index in [9.17, 15) is 0 Å². The maximum atomic E-state index is 5.74. The van der Waals surface area contributed by atoms with Gasteiger partial charge >= 0.3 is 6.01 Å². The highest BCUT2D eigenvalue weighted by molar-refractivity contribution is 5.82. The molecule has 0 atom stereocenters. The molecular formula is C21H26N6O2. The molecular weight excluding hydrogens is 368 g/mol. The molecule has 29 heavy (non-hydrogen) atoms. The van der Waals surface area contributed by atoms with E-state index in [-0.39, 0.29) is 0 Å². The predicted molar refractivity (Wildman–Crippen MR) is 112 cm³/mol. The molecule has 0 spiro atoms. The van der Waals surface area contributed by atoms with E-state index in [1.165, 1.54) is 0 Å². The van der Waals surface area contributed by atoms with Crippen LogP contribution >= 0.6 is 0 Å². The number of anilines is 1. The van der Waals surface area contributed by atoms with Crippen LogP contribution in [0, 0.1) is 0 Å². The van der Waals surface area contributed by atoms with Gasteiger partial charge in [0.1, 0.15) is 5.82 Å². The average molecular weight is 394 g/mol. The second-order valence-electron chi connectivity index (χ2n) is 6.93. The molecule has 0 saturated carbocycles. The van der Waals surface area contributed by atoms with Gasteiger partial charge in [-0.3, -0.25) is 0 Å². The highest BCUT2D eigenvalue weighted by atomic mass is 16.5. The van der Waals surface area contributed by atoms with Crippen molar-refractivity contribution in [3.63, 3.8) is 0 Å². The van der Waals surface area contributed by atoms with Crippen molar-refractivity contribution in [1.29, 1.82) is 0 Å². The predicted octanol–water partition coefficient (Wildman–Crippen LogP) is 4.26. The summed E-state index contributed by atoms with van der Waals surface area (Å²) in [6.45, 7) is 6.15. The summed E-state index contributed by atoms with van der Waals surface area (Å²) in [5.74, 6) is 1.31. The molecule has 152 valence electrons. The third-order valence-corrected chi connectivity index (χ3v) is 4.83. The largest absolute Gasteiger partial charge is 0.463 e. The van der Waals surface area contributed by atoms with Crippen LogP contribution in [0.1, 0.15) is 25.3 Å². The molecule has 0 unspecified atom stereocenters. The molecule has 2 aromatic heterocycles. The van der Waals surface area contributed by atoms with Gasteiger partial charge in [-0.1, -0.05) is 31.5 Å². The van der Waals surface area contributed by atoms with Crippen molar-refractivity contribution in [3.05, 3.63) is 42.1 Å². The van der Waals surface area contributed by atoms with Gasteiger partial charge in [-0.25, -0.2) is 0 Å². The number of H-pyrrole nitrogens is 1. The Hall–Kier alpha value is -3.00. The van der Waals surface area contributed by atoms with Crippen molar-refractivity contribution >= 4 is 22.5 Å². The topological polar surface area (TPSA) is 88.0 Å². The number of rotatable bonds is 8. The van der Waals surface area contributed by atoms with E-state index < -0.39 is 0 Å². The summed E-state index contributed by atoms with van der Waals surface area (Å²) in [7, 11) is 0. The first-order valence-electron chi connectivity index (χ1n) is 10.1. The fourth-order valence-electron chi connectivity index (χ4n) is 3.23. The van der Waals surface area contributed by atoms with Gasteiger partial charge in [-0.15, -0.1) is 5.11 Å². The van der Waals surface area contributed by atoms with Gasteiger partial charge in [-0.05, 0) is 12.5 Å². The second-order valence-corrected chi connectivity index (χ2v) is 6.93. The van der Waals surface area contributed by atoms with Crippen molar-refractivity contribution in [2.75, 3.05) is 37.8 Å². The Morgan fingerprint density at radius 1 is 1.21 bits per heavy atom. The first kappa shape index (κ1) is 19.3. The number of azo groups is 1. The quantitative estimate of drug-likeness (QED) is 0.456. The van der Waals surface area contributed by atoms with E-state index in [0.717, 1.165) is 48.2 Å². The lowest BCUT2D eigenvalue weighted by molar-refractivity contribution is 0.122. The molecule has 3 heterocycles. The number of morpholine rings is 1. The first-order chi connectivity index (χ1) is 14.3. The van der Waals surface area contributed by atoms with Gasteiger partial charge in [0.2, 0.25) is 0 Å². The van der Waals surface area contributed by atoms with Crippen LogP contribution in [0.15, 0.2) is 46.8 Å². The Balaban J connectivity index is 1.52. The molecule has 0 radical (unpaired) electrons. The van der Waals surface area contributed by atoms with Crippen molar-refractivity contribution < 1.29 is 9.47 Å². The van der Waals surface area contributed by atoms with Crippen molar-refractivity contribution in [3.8, 4) is 6.01 Å². The van der Waals surface area contributed by atoms with Crippen LogP contribution in [0.25, 0.3) is 10.9 Å². The highest BCUT2D eigenvalue weighted by Crippen LogP contribution is 2.24. The molecule has 0 amide bonds. The van der Waals surface area contributed by atoms with Crippen LogP contribution in [-0.4, -0.2) is 47.9 Å². The number of hydrogen-bond donors (Lipinski definition) is 1. The second kappa shape index (κ2) is 9.47. The van der Waals surface area contributed by atoms with E-state index in [1.807, 2.05) is 24.4 Å². The third-order valence-electron chi connectivity index (χ3n) is 4.83. The van der Waals surface area contributed by atoms with Gasteiger partial charge in [0, 0.05) is 41.8 Å². The van der Waals surface area contributed by atoms with Crippen LogP contribution in [0.5, 0.6) is 6.01 Å². The Bertz CT molecular complexity index is 965. The first-order valence-corrected chi connectivity index (χ1v) is 10.1. The summed E-state index contributed by atoms with van der Waals surface area (Å²) in [5, 5.41) is 9.89. The number of aromatic nitrogens is 3. The molecule has 1 aliphatic heterocycles. The van der Waals surface area contributed by atoms with Crippen LogP contribution in [0.3, 0.4) is 0 Å². The fraction of sp³-hybridized carbons (Fsp3) is 0.429. The summed E-state index contributed by atoms with van der Waals surface area (Å²) in [4.78, 5) is 14.4. The summed E-state index contributed by atoms with van der Waals surface area (Å²) < 4.78 is 11.2. The number of ether oxygens (including phenoxy) is 2. The van der Waals surface area contributed by atoms with Gasteiger partial charge < -0.3 is 19.4 Å². The molecule has 1 fully saturated rings. The van der Waals surface area contributed by atoms with Crippen molar-refractivity contribution in [2.24, 2.45) is 10.2 Å². The molecule has 8 heteroatoms. The number of aromatic amines is 1. The number of benzene rings is 1. The Labute approximate surface area is 170 Å². The smallest absolute Gasteiger partial charge is 0.320 e. The van der Waals surface area contributed by atoms with E-state index in [0.29, 0.717) is 38.2 Å². The maximum Gasteiger partial charge on any atom is 0.320 e. The normalized spacial score (nSPS) is 14.7. The molecule has 1 aliphatic rings. The fourth-order valence-corrected chi connectivity index (χ4v) is 3.23. The van der Waals surface area contributed by atoms with Gasteiger partial charge in [0.15, 0.2) is 5.82 Å². The van der Waals surface area contributed by atoms with Crippen LogP contribution in [-0.2, 0) is 11.3 Å². The zero-order valence-electron chi connectivity index (χ0n) is 16.7. The van der Waals surface area contributed by atoms with E-state index in [4.69, 9.17) is 9.47 Å². The number of nitrogens with one attached hydrogen (secondary N) is 1. The van der Waals surface area contributed by atoms with Crippen LogP contribution in [0.4, 0.5) is 11.6 Å². The van der Waals surface area contributed by atoms with E-state index in [2.05, 4.69) is 49.1 Å². The SMILES string of the molecule is CCCCOc1nc(N=NCc2c[nH]c3ccccc23)cc(N2CCOCC2)n1. The Kier molecular flexibility index (Phi) is 6.31. The number of nitrogens with zero attached hydrogens (tertiary/aromatic N) is 5. The average Bonchev–Trinajstić information content (AvgIpc) is 3.18. The van der Waals surface area contributed by atoms with Crippen LogP contribution in [0.2, 0.25) is 0 Å². The molecule has 8 nitrogen and oxygen atoms in total. The lowest BCUT2D eigenvalue weighted by Gasteiger charge is -2.27. The molecule has 3 aromatic rings. The molecule has 0 bridgehead atoms. The zero-order chi connectivity index (χ0) is 19.9. The summed E-state index contributed by atoms with van der Waals surface area (Å²) in [6.07, 6.45) is 3.99. The van der Waals surface area contributed by atoms with Gasteiger partial charge in [-0.2, -0.15) is 15.1 Å². The number of para-hydroxylation sites is 1. The molecule has 1 saturated heterocycles. The van der Waals surface area contributed by atoms with Crippen LogP contribution < -0.4 is 9.64 Å².